The van der Waals surface area contributed by atoms with Crippen molar-refractivity contribution in [1.29, 1.82) is 0 Å². The third kappa shape index (κ3) is 4.24. The first-order valence-corrected chi connectivity index (χ1v) is 9.51. The molecule has 1 aromatic heterocycles. The zero-order chi connectivity index (χ0) is 20.2. The second-order valence-electron chi connectivity index (χ2n) is 7.03. The largest absolute Gasteiger partial charge is 0.478 e. The predicted molar refractivity (Wildman–Crippen MR) is 116 cm³/mol. The number of fused-ring (bicyclic) bond motifs is 1. The summed E-state index contributed by atoms with van der Waals surface area (Å²) < 4.78 is 0. The Hall–Kier alpha value is -3.73. The Morgan fingerprint density at radius 2 is 1.93 bits per heavy atom. The summed E-state index contributed by atoms with van der Waals surface area (Å²) in [6, 6.07) is 17.7. The number of allylic oxidation sites excluding steroid dienone is 2. The van der Waals surface area contributed by atoms with Crippen molar-refractivity contribution >= 4 is 28.6 Å². The molecule has 3 N–H and O–H groups in total. The molecule has 0 radical (unpaired) electrons. The van der Waals surface area contributed by atoms with Crippen LogP contribution in [0.3, 0.4) is 0 Å². The summed E-state index contributed by atoms with van der Waals surface area (Å²) in [6.45, 7) is 0. The van der Waals surface area contributed by atoms with Crippen molar-refractivity contribution in [3.8, 4) is 11.3 Å². The summed E-state index contributed by atoms with van der Waals surface area (Å²) in [6.07, 6.45) is 8.35. The van der Waals surface area contributed by atoms with Gasteiger partial charge in [-0.05, 0) is 60.2 Å². The maximum Gasteiger partial charge on any atom is 0.337 e. The lowest BCUT2D eigenvalue weighted by Crippen LogP contribution is -2.03. The van der Waals surface area contributed by atoms with Gasteiger partial charge in [-0.1, -0.05) is 36.4 Å². The number of rotatable bonds is 6. The molecule has 0 aliphatic heterocycles. The summed E-state index contributed by atoms with van der Waals surface area (Å²) in [4.78, 5) is 20.5. The minimum atomic E-state index is -1.02. The first-order chi connectivity index (χ1) is 14.2. The van der Waals surface area contributed by atoms with E-state index < -0.39 is 5.97 Å². The van der Waals surface area contributed by atoms with Gasteiger partial charge >= 0.3 is 5.97 Å². The van der Waals surface area contributed by atoms with Crippen LogP contribution in [-0.4, -0.2) is 22.3 Å². The van der Waals surface area contributed by atoms with Gasteiger partial charge in [0.25, 0.3) is 0 Å². The molecule has 0 saturated heterocycles. The lowest BCUT2D eigenvalue weighted by molar-refractivity contribution is -0.132. The quantitative estimate of drug-likeness (QED) is 0.361. The van der Waals surface area contributed by atoms with E-state index in [0.717, 1.165) is 40.4 Å². The molecule has 29 heavy (non-hydrogen) atoms. The van der Waals surface area contributed by atoms with Crippen LogP contribution in [0.25, 0.3) is 22.0 Å². The van der Waals surface area contributed by atoms with Gasteiger partial charge in [-0.15, -0.1) is 0 Å². The highest BCUT2D eigenvalue weighted by atomic mass is 16.4. The standard InChI is InChI=1S/C24H21N3O2/c25-14-19(16-6-7-16)12-20(24(28)29)15-27-21-8-9-22-18(13-21)10-11-26-23(22)17-4-2-1-3-5-17/h1-5,8-16H,6-7,25H2,(H,28,29). The Kier molecular flexibility index (Phi) is 5.20. The topological polar surface area (TPSA) is 88.6 Å². The number of carboxylic acid groups (broad SMARTS) is 1. The predicted octanol–water partition coefficient (Wildman–Crippen LogP) is 4.87. The smallest absolute Gasteiger partial charge is 0.337 e. The molecule has 3 aromatic rings. The van der Waals surface area contributed by atoms with Crippen molar-refractivity contribution in [3.05, 3.63) is 84.2 Å². The van der Waals surface area contributed by atoms with Crippen LogP contribution in [0.15, 0.2) is 89.2 Å². The van der Waals surface area contributed by atoms with Crippen molar-refractivity contribution < 1.29 is 9.90 Å². The summed E-state index contributed by atoms with van der Waals surface area (Å²) >= 11 is 0. The van der Waals surface area contributed by atoms with Crippen LogP contribution in [0.5, 0.6) is 0 Å². The van der Waals surface area contributed by atoms with Crippen molar-refractivity contribution in [2.75, 3.05) is 0 Å². The van der Waals surface area contributed by atoms with E-state index >= 15 is 0 Å². The zero-order valence-electron chi connectivity index (χ0n) is 15.8. The van der Waals surface area contributed by atoms with Crippen LogP contribution < -0.4 is 5.73 Å². The molecule has 0 bridgehead atoms. The highest BCUT2D eigenvalue weighted by Gasteiger charge is 2.25. The average Bonchev–Trinajstić information content (AvgIpc) is 3.59. The summed E-state index contributed by atoms with van der Waals surface area (Å²) in [5.41, 5.74) is 9.25. The average molecular weight is 383 g/mol. The minimum absolute atomic E-state index is 0.119. The Morgan fingerprint density at radius 1 is 1.14 bits per heavy atom. The Bertz CT molecular complexity index is 1140. The molecule has 0 spiro atoms. The molecule has 1 fully saturated rings. The van der Waals surface area contributed by atoms with Crippen molar-refractivity contribution in [3.63, 3.8) is 0 Å². The molecule has 1 aliphatic carbocycles. The number of aliphatic carboxylic acids is 1. The van der Waals surface area contributed by atoms with Gasteiger partial charge in [0.2, 0.25) is 0 Å². The van der Waals surface area contributed by atoms with Crippen molar-refractivity contribution in [2.45, 2.75) is 12.8 Å². The first kappa shape index (κ1) is 18.6. The van der Waals surface area contributed by atoms with Crippen molar-refractivity contribution in [2.24, 2.45) is 16.6 Å². The van der Waals surface area contributed by atoms with Crippen LogP contribution in [0, 0.1) is 5.92 Å². The van der Waals surface area contributed by atoms with Crippen LogP contribution in [0.1, 0.15) is 12.8 Å². The van der Waals surface area contributed by atoms with E-state index in [2.05, 4.69) is 9.98 Å². The Labute approximate surface area is 168 Å². The lowest BCUT2D eigenvalue weighted by Gasteiger charge is -2.06. The number of hydrogen-bond acceptors (Lipinski definition) is 4. The van der Waals surface area contributed by atoms with Gasteiger partial charge in [0, 0.05) is 23.4 Å². The van der Waals surface area contributed by atoms with Crippen molar-refractivity contribution in [1.82, 2.24) is 4.98 Å². The normalized spacial score (nSPS) is 15.2. The van der Waals surface area contributed by atoms with Gasteiger partial charge in [0.15, 0.2) is 0 Å². The summed E-state index contributed by atoms with van der Waals surface area (Å²) in [5, 5.41) is 11.5. The highest BCUT2D eigenvalue weighted by Crippen LogP contribution is 2.37. The first-order valence-electron chi connectivity index (χ1n) is 9.51. The van der Waals surface area contributed by atoms with Gasteiger partial charge in [-0.25, -0.2) is 4.79 Å². The van der Waals surface area contributed by atoms with E-state index in [1.165, 1.54) is 12.4 Å². The van der Waals surface area contributed by atoms with E-state index in [9.17, 15) is 9.90 Å². The summed E-state index contributed by atoms with van der Waals surface area (Å²) in [7, 11) is 0. The molecule has 0 amide bonds. The maximum atomic E-state index is 11.6. The number of aliphatic imine (C=N–C) groups is 1. The minimum Gasteiger partial charge on any atom is -0.478 e. The molecule has 1 aliphatic rings. The molecule has 144 valence electrons. The van der Waals surface area contributed by atoms with E-state index in [1.54, 1.807) is 12.3 Å². The second kappa shape index (κ2) is 8.10. The molecule has 5 heteroatoms. The molecular weight excluding hydrogens is 362 g/mol. The lowest BCUT2D eigenvalue weighted by atomic mass is 10.0. The monoisotopic (exact) mass is 383 g/mol. The van der Waals surface area contributed by atoms with Gasteiger partial charge in [0.1, 0.15) is 0 Å². The molecule has 5 nitrogen and oxygen atoms in total. The third-order valence-corrected chi connectivity index (χ3v) is 4.96. The van der Waals surface area contributed by atoms with E-state index in [-0.39, 0.29) is 5.57 Å². The zero-order valence-corrected chi connectivity index (χ0v) is 15.8. The number of nitrogens with zero attached hydrogens (tertiary/aromatic N) is 2. The van der Waals surface area contributed by atoms with Gasteiger partial charge in [-0.3, -0.25) is 9.98 Å². The van der Waals surface area contributed by atoms with Crippen LogP contribution in [0.4, 0.5) is 5.69 Å². The molecule has 0 atom stereocenters. The van der Waals surface area contributed by atoms with Gasteiger partial charge < -0.3 is 10.8 Å². The fourth-order valence-corrected chi connectivity index (χ4v) is 3.27. The number of carbonyl (C=O) groups is 1. The number of benzene rings is 2. The summed E-state index contributed by atoms with van der Waals surface area (Å²) in [5.74, 6) is -0.655. The van der Waals surface area contributed by atoms with Gasteiger partial charge in [0.05, 0.1) is 17.0 Å². The SMILES string of the molecule is NC=C(C=C(C=Nc1ccc2c(-c3ccccc3)nccc2c1)C(=O)O)C1CC1. The molecular formula is C24H21N3O2. The Balaban J connectivity index is 1.66. The molecule has 1 saturated carbocycles. The van der Waals surface area contributed by atoms with Crippen LogP contribution in [0.2, 0.25) is 0 Å². The maximum absolute atomic E-state index is 11.6. The number of carboxylic acids is 1. The van der Waals surface area contributed by atoms with Gasteiger partial charge in [-0.2, -0.15) is 0 Å². The highest BCUT2D eigenvalue weighted by molar-refractivity contribution is 6.09. The third-order valence-electron chi connectivity index (χ3n) is 4.96. The molecule has 2 aromatic carbocycles. The van der Waals surface area contributed by atoms with E-state index in [1.807, 2.05) is 54.6 Å². The molecule has 1 heterocycles. The molecule has 4 rings (SSSR count). The van der Waals surface area contributed by atoms with Crippen LogP contribution >= 0.6 is 0 Å². The molecule has 0 unspecified atom stereocenters. The fraction of sp³-hybridized carbons (Fsp3) is 0.125. The number of pyridine rings is 1. The Morgan fingerprint density at radius 3 is 2.62 bits per heavy atom. The number of aromatic nitrogens is 1. The fourth-order valence-electron chi connectivity index (χ4n) is 3.27. The number of hydrogen-bond donors (Lipinski definition) is 2. The van der Waals surface area contributed by atoms with E-state index in [0.29, 0.717) is 11.6 Å². The van der Waals surface area contributed by atoms with Crippen LogP contribution in [-0.2, 0) is 4.79 Å². The number of nitrogens with two attached hydrogens (primary N) is 1. The second-order valence-corrected chi connectivity index (χ2v) is 7.03. The van der Waals surface area contributed by atoms with E-state index in [4.69, 9.17) is 5.73 Å².